The van der Waals surface area contributed by atoms with Gasteiger partial charge in [-0.15, -0.1) is 11.8 Å². The topological polar surface area (TPSA) is 49.8 Å². The fraction of sp³-hybridized carbons (Fsp3) is 0.632. The molecule has 2 aliphatic rings. The van der Waals surface area contributed by atoms with Gasteiger partial charge in [0.1, 0.15) is 5.60 Å². The number of fused-ring (bicyclic) bond motifs is 2. The van der Waals surface area contributed by atoms with Gasteiger partial charge in [0.25, 0.3) is 0 Å². The monoisotopic (exact) mass is 349 g/mol. The molecule has 1 unspecified atom stereocenters. The van der Waals surface area contributed by atoms with Crippen molar-refractivity contribution in [3.05, 3.63) is 29.8 Å². The lowest BCUT2D eigenvalue weighted by molar-refractivity contribution is -0.0624. The molecule has 0 saturated carbocycles. The Hall–Kier alpha value is -1.20. The van der Waals surface area contributed by atoms with E-state index in [4.69, 9.17) is 4.74 Å². The van der Waals surface area contributed by atoms with Gasteiger partial charge in [0.15, 0.2) is 0 Å². The Balaban J connectivity index is 1.77. The van der Waals surface area contributed by atoms with E-state index < -0.39 is 11.2 Å². The smallest absolute Gasteiger partial charge is 0.410 e. The van der Waals surface area contributed by atoms with Gasteiger partial charge in [0.2, 0.25) is 0 Å². The molecule has 1 amide bonds. The molecular weight excluding hydrogens is 322 g/mol. The summed E-state index contributed by atoms with van der Waals surface area (Å²) in [5, 5.41) is 11.2. The molecule has 2 heterocycles. The number of rotatable bonds is 2. The molecule has 4 nitrogen and oxygen atoms in total. The van der Waals surface area contributed by atoms with Crippen molar-refractivity contribution in [2.75, 3.05) is 6.26 Å². The van der Waals surface area contributed by atoms with Crippen LogP contribution in [0.4, 0.5) is 4.79 Å². The zero-order valence-electron chi connectivity index (χ0n) is 14.9. The molecule has 1 aromatic rings. The van der Waals surface area contributed by atoms with Gasteiger partial charge in [0.05, 0.1) is 5.60 Å². The number of amides is 1. The number of piperidine rings is 1. The van der Waals surface area contributed by atoms with Crippen molar-refractivity contribution in [1.29, 1.82) is 0 Å². The highest BCUT2D eigenvalue weighted by atomic mass is 32.2. The molecule has 2 aliphatic heterocycles. The Labute approximate surface area is 148 Å². The number of nitrogens with zero attached hydrogens (tertiary/aromatic N) is 1. The number of carbonyl (C=O) groups is 1. The van der Waals surface area contributed by atoms with Crippen LogP contribution in [0.25, 0.3) is 0 Å². The molecule has 3 rings (SSSR count). The van der Waals surface area contributed by atoms with Crippen molar-refractivity contribution in [2.24, 2.45) is 0 Å². The molecule has 0 aromatic heterocycles. The number of thioether (sulfide) groups is 1. The summed E-state index contributed by atoms with van der Waals surface area (Å²) in [5.74, 6) is 0. The number of hydrogen-bond acceptors (Lipinski definition) is 4. The van der Waals surface area contributed by atoms with E-state index in [2.05, 4.69) is 12.1 Å². The highest BCUT2D eigenvalue weighted by molar-refractivity contribution is 7.98. The SMILES string of the molecule is CSc1ccc(C2(O)C[C@H]3CC[C@@H](C2)N3C(=O)OC(C)(C)C)cc1. The second-order valence-electron chi connectivity index (χ2n) is 7.94. The van der Waals surface area contributed by atoms with Crippen molar-refractivity contribution in [3.63, 3.8) is 0 Å². The van der Waals surface area contributed by atoms with Gasteiger partial charge in [-0.1, -0.05) is 12.1 Å². The van der Waals surface area contributed by atoms with Crippen LogP contribution in [0.1, 0.15) is 52.0 Å². The van der Waals surface area contributed by atoms with Gasteiger partial charge in [-0.05, 0) is 57.6 Å². The van der Waals surface area contributed by atoms with Crippen LogP contribution in [0.3, 0.4) is 0 Å². The first kappa shape index (κ1) is 17.6. The van der Waals surface area contributed by atoms with Gasteiger partial charge < -0.3 is 14.7 Å². The summed E-state index contributed by atoms with van der Waals surface area (Å²) >= 11 is 1.69. The summed E-state index contributed by atoms with van der Waals surface area (Å²) in [4.78, 5) is 15.6. The third-order valence-electron chi connectivity index (χ3n) is 5.00. The predicted molar refractivity (Wildman–Crippen MR) is 96.2 cm³/mol. The molecular formula is C19H27NO3S. The molecule has 0 aliphatic carbocycles. The second-order valence-corrected chi connectivity index (χ2v) is 8.82. The molecule has 0 spiro atoms. The summed E-state index contributed by atoms with van der Waals surface area (Å²) in [5.41, 5.74) is -0.375. The molecule has 1 N–H and O–H groups in total. The highest BCUT2D eigenvalue weighted by Crippen LogP contribution is 2.46. The number of hydrogen-bond donors (Lipinski definition) is 1. The second kappa shape index (κ2) is 6.26. The Morgan fingerprint density at radius 1 is 1.21 bits per heavy atom. The third-order valence-corrected chi connectivity index (χ3v) is 5.74. The summed E-state index contributed by atoms with van der Waals surface area (Å²) in [6.07, 6.45) is 4.85. The van der Waals surface area contributed by atoms with E-state index in [1.807, 2.05) is 44.1 Å². The van der Waals surface area contributed by atoms with E-state index in [0.717, 1.165) is 18.4 Å². The first-order chi connectivity index (χ1) is 11.2. The molecule has 3 atom stereocenters. The molecule has 1 aromatic carbocycles. The van der Waals surface area contributed by atoms with Crippen molar-refractivity contribution in [1.82, 2.24) is 4.90 Å². The van der Waals surface area contributed by atoms with Crippen LogP contribution in [0.2, 0.25) is 0 Å². The van der Waals surface area contributed by atoms with Gasteiger partial charge in [0, 0.05) is 29.8 Å². The van der Waals surface area contributed by atoms with E-state index in [0.29, 0.717) is 12.8 Å². The summed E-state index contributed by atoms with van der Waals surface area (Å²) in [7, 11) is 0. The van der Waals surface area contributed by atoms with Crippen LogP contribution >= 0.6 is 11.8 Å². The highest BCUT2D eigenvalue weighted by Gasteiger charge is 2.51. The molecule has 2 bridgehead atoms. The van der Waals surface area contributed by atoms with E-state index in [1.54, 1.807) is 11.8 Å². The van der Waals surface area contributed by atoms with Crippen LogP contribution < -0.4 is 0 Å². The van der Waals surface area contributed by atoms with Crippen LogP contribution in [0.15, 0.2) is 29.2 Å². The minimum Gasteiger partial charge on any atom is -0.444 e. The lowest BCUT2D eigenvalue weighted by Gasteiger charge is -2.44. The summed E-state index contributed by atoms with van der Waals surface area (Å²) in [6.45, 7) is 5.67. The predicted octanol–water partition coefficient (Wildman–Crippen LogP) is 4.16. The molecule has 2 fully saturated rings. The van der Waals surface area contributed by atoms with E-state index >= 15 is 0 Å². The summed E-state index contributed by atoms with van der Waals surface area (Å²) < 4.78 is 5.56. The fourth-order valence-electron chi connectivity index (χ4n) is 3.97. The van der Waals surface area contributed by atoms with Crippen LogP contribution in [0.5, 0.6) is 0 Å². The van der Waals surface area contributed by atoms with Gasteiger partial charge in [-0.2, -0.15) is 0 Å². The van der Waals surface area contributed by atoms with Crippen molar-refractivity contribution in [2.45, 2.75) is 74.6 Å². The average molecular weight is 349 g/mol. The minimum atomic E-state index is -0.846. The first-order valence-electron chi connectivity index (χ1n) is 8.60. The Kier molecular flexibility index (Phi) is 4.60. The quantitative estimate of drug-likeness (QED) is 0.815. The lowest BCUT2D eigenvalue weighted by atomic mass is 9.80. The average Bonchev–Trinajstić information content (AvgIpc) is 2.79. The van der Waals surface area contributed by atoms with E-state index in [-0.39, 0.29) is 18.2 Å². The largest absolute Gasteiger partial charge is 0.444 e. The molecule has 0 radical (unpaired) electrons. The maximum Gasteiger partial charge on any atom is 0.410 e. The van der Waals surface area contributed by atoms with Crippen molar-refractivity contribution >= 4 is 17.9 Å². The van der Waals surface area contributed by atoms with Gasteiger partial charge >= 0.3 is 6.09 Å². The number of aliphatic hydroxyl groups is 1. The van der Waals surface area contributed by atoms with Crippen molar-refractivity contribution < 1.29 is 14.6 Å². The zero-order chi connectivity index (χ0) is 17.5. The number of ether oxygens (including phenoxy) is 1. The summed E-state index contributed by atoms with van der Waals surface area (Å²) in [6, 6.07) is 8.27. The van der Waals surface area contributed by atoms with E-state index in [9.17, 15) is 9.90 Å². The van der Waals surface area contributed by atoms with Crippen LogP contribution in [-0.4, -0.2) is 40.0 Å². The first-order valence-corrected chi connectivity index (χ1v) is 9.82. The van der Waals surface area contributed by atoms with Gasteiger partial charge in [-0.25, -0.2) is 4.79 Å². The fourth-order valence-corrected chi connectivity index (χ4v) is 4.38. The zero-order valence-corrected chi connectivity index (χ0v) is 15.7. The number of carbonyl (C=O) groups excluding carboxylic acids is 1. The Morgan fingerprint density at radius 2 is 1.75 bits per heavy atom. The van der Waals surface area contributed by atoms with E-state index in [1.165, 1.54) is 4.90 Å². The molecule has 5 heteroatoms. The molecule has 132 valence electrons. The minimum absolute atomic E-state index is 0.0591. The van der Waals surface area contributed by atoms with Crippen molar-refractivity contribution in [3.8, 4) is 0 Å². The van der Waals surface area contributed by atoms with Gasteiger partial charge in [-0.3, -0.25) is 0 Å². The Bertz CT molecular complexity index is 594. The molecule has 2 saturated heterocycles. The number of benzene rings is 1. The lowest BCUT2D eigenvalue weighted by Crippen LogP contribution is -2.53. The van der Waals surface area contributed by atoms with Crippen LogP contribution in [-0.2, 0) is 10.3 Å². The Morgan fingerprint density at radius 3 is 2.21 bits per heavy atom. The normalized spacial score (nSPS) is 29.6. The third kappa shape index (κ3) is 3.42. The maximum absolute atomic E-state index is 12.5. The standard InChI is InChI=1S/C19H27NO3S/c1-18(2,3)23-17(21)20-14-7-8-15(20)12-19(22,11-14)13-5-9-16(24-4)10-6-13/h5-6,9-10,14-15,22H,7-8,11-12H2,1-4H3/t14-,15+,19?. The van der Waals surface area contributed by atoms with Crippen LogP contribution in [0, 0.1) is 0 Å². The molecule has 24 heavy (non-hydrogen) atoms. The maximum atomic E-state index is 12.5.